The Morgan fingerprint density at radius 1 is 1.15 bits per heavy atom. The molecule has 0 spiro atoms. The predicted molar refractivity (Wildman–Crippen MR) is 79.9 cm³/mol. The van der Waals surface area contributed by atoms with Gasteiger partial charge in [-0.3, -0.25) is 14.6 Å². The number of anilines is 1. The Morgan fingerprint density at radius 3 is 2.55 bits per heavy atom. The number of hydrogen-bond donors (Lipinski definition) is 1. The zero-order valence-electron chi connectivity index (χ0n) is 11.0. The molecule has 0 fully saturated rings. The van der Waals surface area contributed by atoms with Gasteiger partial charge < -0.3 is 5.32 Å². The van der Waals surface area contributed by atoms with Gasteiger partial charge in [0.05, 0.1) is 11.3 Å². The Bertz CT molecular complexity index is 694. The van der Waals surface area contributed by atoms with Crippen LogP contribution in [0, 0.1) is 0 Å². The first-order valence-corrected chi connectivity index (χ1v) is 6.16. The van der Waals surface area contributed by atoms with Crippen LogP contribution in [-0.2, 0) is 0 Å². The number of pyridine rings is 1. The molecular weight excluding hydrogens is 252 g/mol. The van der Waals surface area contributed by atoms with Crippen molar-refractivity contribution in [2.24, 2.45) is 0 Å². The molecule has 1 aromatic heterocycles. The summed E-state index contributed by atoms with van der Waals surface area (Å²) in [7, 11) is 1.65. The molecule has 1 aromatic carbocycles. The maximum Gasteiger partial charge on any atom is 0.212 e. The Morgan fingerprint density at radius 2 is 1.85 bits per heavy atom. The molecule has 4 nitrogen and oxygen atoms in total. The maximum absolute atomic E-state index is 12.1. The van der Waals surface area contributed by atoms with E-state index >= 15 is 0 Å². The fraction of sp³-hybridized carbons (Fsp3) is 0.0625. The van der Waals surface area contributed by atoms with Crippen molar-refractivity contribution in [2.75, 3.05) is 12.4 Å². The number of nitrogens with zero attached hydrogens (tertiary/aromatic N) is 1. The highest BCUT2D eigenvalue weighted by Crippen LogP contribution is 2.04. The highest BCUT2D eigenvalue weighted by atomic mass is 16.1. The molecule has 0 amide bonds. The highest BCUT2D eigenvalue weighted by molar-refractivity contribution is 6.07. The minimum Gasteiger partial charge on any atom is -0.385 e. The quantitative estimate of drug-likeness (QED) is 0.682. The number of carbonyl (C=O) groups excluding carboxylic acids is 1. The number of hydrogen-bond acceptors (Lipinski definition) is 4. The third kappa shape index (κ3) is 3.17. The highest BCUT2D eigenvalue weighted by Gasteiger charge is 2.08. The van der Waals surface area contributed by atoms with Gasteiger partial charge in [-0.05, 0) is 35.9 Å². The lowest BCUT2D eigenvalue weighted by atomic mass is 10.1. The van der Waals surface area contributed by atoms with E-state index in [1.807, 2.05) is 0 Å². The van der Waals surface area contributed by atoms with E-state index in [9.17, 15) is 9.59 Å². The third-order valence-electron chi connectivity index (χ3n) is 2.79. The van der Waals surface area contributed by atoms with Crippen molar-refractivity contribution in [3.8, 4) is 0 Å². The van der Waals surface area contributed by atoms with Crippen molar-refractivity contribution in [2.45, 2.75) is 0 Å². The second kappa shape index (κ2) is 6.43. The second-order valence-corrected chi connectivity index (χ2v) is 4.10. The van der Waals surface area contributed by atoms with Crippen LogP contribution in [0.5, 0.6) is 0 Å². The maximum atomic E-state index is 12.1. The summed E-state index contributed by atoms with van der Waals surface area (Å²) in [6.07, 6.45) is 6.34. The second-order valence-electron chi connectivity index (χ2n) is 4.10. The smallest absolute Gasteiger partial charge is 0.212 e. The van der Waals surface area contributed by atoms with Gasteiger partial charge in [0.25, 0.3) is 0 Å². The first-order valence-electron chi connectivity index (χ1n) is 6.16. The standard InChI is InChI=1S/C16H14N2O2/c1-17-14-5-3-2-4-13(16(14)20)15(19)7-6-12-8-10-18-11-9-12/h2-11H,1H3,(H,17,20)/b7-6-. The van der Waals surface area contributed by atoms with Crippen molar-refractivity contribution >= 4 is 17.5 Å². The average Bonchev–Trinajstić information content (AvgIpc) is 2.67. The normalized spacial score (nSPS) is 10.4. The molecule has 0 aliphatic carbocycles. The van der Waals surface area contributed by atoms with E-state index in [1.165, 1.54) is 12.1 Å². The molecule has 2 rings (SSSR count). The van der Waals surface area contributed by atoms with Gasteiger partial charge in [-0.15, -0.1) is 0 Å². The van der Waals surface area contributed by atoms with E-state index in [2.05, 4.69) is 10.3 Å². The molecule has 1 heterocycles. The van der Waals surface area contributed by atoms with Crippen LogP contribution in [-0.4, -0.2) is 17.8 Å². The van der Waals surface area contributed by atoms with Crippen LogP contribution in [0.4, 0.5) is 5.69 Å². The molecule has 0 bridgehead atoms. The summed E-state index contributed by atoms with van der Waals surface area (Å²) in [6.45, 7) is 0. The average molecular weight is 266 g/mol. The molecule has 0 saturated heterocycles. The monoisotopic (exact) mass is 266 g/mol. The van der Waals surface area contributed by atoms with E-state index in [0.717, 1.165) is 5.56 Å². The van der Waals surface area contributed by atoms with E-state index < -0.39 is 0 Å². The molecule has 0 radical (unpaired) electrons. The van der Waals surface area contributed by atoms with E-state index in [0.29, 0.717) is 5.69 Å². The van der Waals surface area contributed by atoms with Gasteiger partial charge in [0, 0.05) is 19.4 Å². The molecule has 0 unspecified atom stereocenters. The zero-order valence-corrected chi connectivity index (χ0v) is 11.0. The Labute approximate surface area is 116 Å². The fourth-order valence-corrected chi connectivity index (χ4v) is 1.73. The number of aromatic nitrogens is 1. The molecule has 2 aromatic rings. The molecular formula is C16H14N2O2. The van der Waals surface area contributed by atoms with Crippen LogP contribution in [0.3, 0.4) is 0 Å². The molecule has 20 heavy (non-hydrogen) atoms. The molecule has 0 saturated carbocycles. The Kier molecular flexibility index (Phi) is 4.39. The molecule has 1 N–H and O–H groups in total. The van der Waals surface area contributed by atoms with Crippen LogP contribution in [0.2, 0.25) is 0 Å². The van der Waals surface area contributed by atoms with Crippen LogP contribution in [0.25, 0.3) is 6.08 Å². The summed E-state index contributed by atoms with van der Waals surface area (Å²) < 4.78 is 0. The lowest BCUT2D eigenvalue weighted by molar-refractivity contribution is 0.104. The SMILES string of the molecule is CNc1ccccc(C(=O)/C=C\c2ccncc2)c1=O. The van der Waals surface area contributed by atoms with Gasteiger partial charge in [-0.1, -0.05) is 18.2 Å². The minimum absolute atomic E-state index is 0.143. The fourth-order valence-electron chi connectivity index (χ4n) is 1.73. The summed E-state index contributed by atoms with van der Waals surface area (Å²) >= 11 is 0. The van der Waals surface area contributed by atoms with Gasteiger partial charge in [0.2, 0.25) is 5.43 Å². The lowest BCUT2D eigenvalue weighted by Crippen LogP contribution is -2.14. The van der Waals surface area contributed by atoms with Crippen LogP contribution < -0.4 is 10.7 Å². The molecule has 0 aliphatic rings. The minimum atomic E-state index is -0.320. The first-order chi connectivity index (χ1) is 9.72. The van der Waals surface area contributed by atoms with Crippen molar-refractivity contribution in [3.05, 3.63) is 76.2 Å². The zero-order chi connectivity index (χ0) is 14.4. The van der Waals surface area contributed by atoms with Crippen LogP contribution in [0.15, 0.2) is 59.7 Å². The van der Waals surface area contributed by atoms with Crippen molar-refractivity contribution < 1.29 is 4.79 Å². The number of ketones is 1. The Balaban J connectivity index is 2.34. The first kappa shape index (κ1) is 13.7. The molecule has 0 aliphatic heterocycles. The van der Waals surface area contributed by atoms with Gasteiger partial charge in [0.1, 0.15) is 0 Å². The number of nitrogens with one attached hydrogen (secondary N) is 1. The largest absolute Gasteiger partial charge is 0.385 e. The van der Waals surface area contributed by atoms with Crippen molar-refractivity contribution in [1.82, 2.24) is 4.98 Å². The molecule has 0 atom stereocenters. The summed E-state index contributed by atoms with van der Waals surface area (Å²) in [5.74, 6) is -0.320. The van der Waals surface area contributed by atoms with Gasteiger partial charge in [-0.2, -0.15) is 0 Å². The van der Waals surface area contributed by atoms with E-state index in [1.54, 1.807) is 55.8 Å². The topological polar surface area (TPSA) is 59.1 Å². The summed E-state index contributed by atoms with van der Waals surface area (Å²) in [5.41, 5.74) is 1.09. The lowest BCUT2D eigenvalue weighted by Gasteiger charge is -1.96. The number of allylic oxidation sites excluding steroid dienone is 1. The van der Waals surface area contributed by atoms with Gasteiger partial charge in [0.15, 0.2) is 5.78 Å². The van der Waals surface area contributed by atoms with E-state index in [-0.39, 0.29) is 16.8 Å². The van der Waals surface area contributed by atoms with Gasteiger partial charge in [-0.25, -0.2) is 0 Å². The predicted octanol–water partition coefficient (Wildman–Crippen LogP) is 2.38. The molecule has 4 heteroatoms. The van der Waals surface area contributed by atoms with Crippen molar-refractivity contribution in [1.29, 1.82) is 0 Å². The van der Waals surface area contributed by atoms with Crippen LogP contribution >= 0.6 is 0 Å². The summed E-state index contributed by atoms with van der Waals surface area (Å²) in [5, 5.41) is 2.79. The van der Waals surface area contributed by atoms with Gasteiger partial charge >= 0.3 is 0 Å². The Hall–Kier alpha value is -2.75. The molecule has 100 valence electrons. The number of rotatable bonds is 4. The summed E-state index contributed by atoms with van der Waals surface area (Å²) in [6, 6.07) is 10.1. The van der Waals surface area contributed by atoms with E-state index in [4.69, 9.17) is 0 Å². The van der Waals surface area contributed by atoms with Crippen molar-refractivity contribution in [3.63, 3.8) is 0 Å². The summed E-state index contributed by atoms with van der Waals surface area (Å²) in [4.78, 5) is 28.1. The van der Waals surface area contributed by atoms with Crippen LogP contribution in [0.1, 0.15) is 15.9 Å². The number of carbonyl (C=O) groups is 1. The third-order valence-corrected chi connectivity index (χ3v) is 2.79.